The maximum absolute atomic E-state index is 13.5. The molecule has 2 aliphatic carbocycles. The second kappa shape index (κ2) is 16.4. The number of aryl methyl sites for hydroxylation is 1. The number of halogens is 2. The normalized spacial score (nSPS) is 17.8. The fraction of sp³-hybridized carbons (Fsp3) is 0.562. The minimum Gasteiger partial charge on any atom is -0.488 e. The quantitative estimate of drug-likeness (QED) is 0.116. The number of rotatable bonds is 18. The molecule has 2 aliphatic rings. The highest BCUT2D eigenvalue weighted by atomic mass is 35.5. The Morgan fingerprint density at radius 2 is 1.63 bits per heavy atom. The average molecular weight is 685 g/mol. The van der Waals surface area contributed by atoms with Gasteiger partial charge in [-0.05, 0) is 80.3 Å². The van der Waals surface area contributed by atoms with Crippen molar-refractivity contribution in [2.24, 2.45) is 0 Å². The lowest BCUT2D eigenvalue weighted by Gasteiger charge is -2.26. The van der Waals surface area contributed by atoms with Gasteiger partial charge in [0.15, 0.2) is 0 Å². The van der Waals surface area contributed by atoms with Gasteiger partial charge in [0.05, 0.1) is 31.1 Å². The summed E-state index contributed by atoms with van der Waals surface area (Å²) in [5.74, 6) is 0.553. The Morgan fingerprint density at radius 3 is 2.30 bits per heavy atom. The number of carbonyl (C=O) groups excluding carboxylic acids is 2. The van der Waals surface area contributed by atoms with E-state index in [9.17, 15) is 30.0 Å². The van der Waals surface area contributed by atoms with E-state index in [0.717, 1.165) is 18.4 Å². The van der Waals surface area contributed by atoms with Crippen LogP contribution < -0.4 is 20.3 Å². The third-order valence-electron chi connectivity index (χ3n) is 8.12. The first-order valence-electron chi connectivity index (χ1n) is 15.4. The number of nitrogens with one attached hydrogen (secondary N) is 2. The van der Waals surface area contributed by atoms with E-state index in [2.05, 4.69) is 10.6 Å². The van der Waals surface area contributed by atoms with Gasteiger partial charge in [-0.15, -0.1) is 0 Å². The summed E-state index contributed by atoms with van der Waals surface area (Å²) in [6.45, 7) is -0.704. The molecule has 0 spiro atoms. The van der Waals surface area contributed by atoms with Crippen molar-refractivity contribution < 1.29 is 44.6 Å². The molecule has 2 aromatic carbocycles. The number of urea groups is 1. The number of amides is 3. The van der Waals surface area contributed by atoms with Crippen molar-refractivity contribution in [3.8, 4) is 5.75 Å². The summed E-state index contributed by atoms with van der Waals surface area (Å²) < 4.78 is 12.2. The van der Waals surface area contributed by atoms with E-state index in [4.69, 9.17) is 37.8 Å². The van der Waals surface area contributed by atoms with E-state index >= 15 is 0 Å². The van der Waals surface area contributed by atoms with E-state index in [0.29, 0.717) is 65.7 Å². The molecule has 12 nitrogen and oxygen atoms in total. The van der Waals surface area contributed by atoms with Crippen LogP contribution in [0.25, 0.3) is 0 Å². The maximum Gasteiger partial charge on any atom is 0.314 e. The predicted octanol–water partition coefficient (Wildman–Crippen LogP) is 2.30. The van der Waals surface area contributed by atoms with Crippen molar-refractivity contribution in [1.29, 1.82) is 0 Å². The van der Waals surface area contributed by atoms with Gasteiger partial charge in [-0.25, -0.2) is 4.79 Å². The molecule has 0 aromatic heterocycles. The summed E-state index contributed by atoms with van der Waals surface area (Å²) >= 11 is 13.1. The Hall–Kier alpha value is -2.68. The van der Waals surface area contributed by atoms with Crippen molar-refractivity contribution >= 4 is 40.8 Å². The largest absolute Gasteiger partial charge is 0.488 e. The van der Waals surface area contributed by atoms with Gasteiger partial charge in [-0.3, -0.25) is 4.79 Å². The number of nitrogens with zero attached hydrogens (tertiary/aromatic N) is 1. The highest BCUT2D eigenvalue weighted by Crippen LogP contribution is 2.44. The third-order valence-corrected chi connectivity index (χ3v) is 8.82. The van der Waals surface area contributed by atoms with Gasteiger partial charge in [-0.1, -0.05) is 35.3 Å². The minimum absolute atomic E-state index is 0.129. The maximum atomic E-state index is 13.5. The molecule has 3 amide bonds. The summed E-state index contributed by atoms with van der Waals surface area (Å²) in [6.07, 6.45) is -1.31. The average Bonchev–Trinajstić information content (AvgIpc) is 4.00. The molecule has 254 valence electrons. The first-order valence-corrected chi connectivity index (χ1v) is 16.2. The fourth-order valence-electron chi connectivity index (χ4n) is 4.88. The van der Waals surface area contributed by atoms with E-state index in [-0.39, 0.29) is 25.2 Å². The van der Waals surface area contributed by atoms with Crippen LogP contribution in [-0.2, 0) is 22.6 Å². The molecule has 4 atom stereocenters. The zero-order valence-corrected chi connectivity index (χ0v) is 27.2. The van der Waals surface area contributed by atoms with Gasteiger partial charge < -0.3 is 50.5 Å². The smallest absolute Gasteiger partial charge is 0.314 e. The molecule has 4 rings (SSSR count). The lowest BCUT2D eigenvalue weighted by Crippen LogP contribution is -2.50. The van der Waals surface area contributed by atoms with Crippen LogP contribution in [0.15, 0.2) is 36.4 Å². The molecule has 0 heterocycles. The summed E-state index contributed by atoms with van der Waals surface area (Å²) in [5, 5.41) is 53.5. The van der Waals surface area contributed by atoms with Gasteiger partial charge in [-0.2, -0.15) is 0 Å². The lowest BCUT2D eigenvalue weighted by atomic mass is 10.0. The molecule has 2 fully saturated rings. The molecule has 7 N–H and O–H groups in total. The van der Waals surface area contributed by atoms with Crippen LogP contribution >= 0.6 is 23.2 Å². The van der Waals surface area contributed by atoms with E-state index in [1.807, 2.05) is 24.3 Å². The molecular weight excluding hydrogens is 641 g/mol. The van der Waals surface area contributed by atoms with Crippen LogP contribution in [0, 0.1) is 0 Å². The van der Waals surface area contributed by atoms with Crippen LogP contribution in [-0.4, -0.2) is 100 Å². The summed E-state index contributed by atoms with van der Waals surface area (Å²) in [4.78, 5) is 27.1. The monoisotopic (exact) mass is 683 g/mol. The molecule has 0 bridgehead atoms. The number of ether oxygens (including phenoxy) is 2. The number of hydrogen-bond acceptors (Lipinski definition) is 9. The van der Waals surface area contributed by atoms with Gasteiger partial charge in [0.1, 0.15) is 29.7 Å². The first kappa shape index (κ1) is 36.2. The molecular formula is C32H43Cl2N3O9. The second-order valence-electron chi connectivity index (χ2n) is 11.9. The van der Waals surface area contributed by atoms with Crippen LogP contribution in [0.4, 0.5) is 10.5 Å². The third kappa shape index (κ3) is 9.68. The molecule has 2 aromatic rings. The summed E-state index contributed by atoms with van der Waals surface area (Å²) in [6, 6.07) is 10.5. The minimum atomic E-state index is -1.77. The Morgan fingerprint density at radius 1 is 0.978 bits per heavy atom. The number of anilines is 1. The molecule has 0 unspecified atom stereocenters. The zero-order valence-electron chi connectivity index (χ0n) is 25.7. The fourth-order valence-corrected chi connectivity index (χ4v) is 5.40. The Balaban J connectivity index is 1.19. The number of unbranched alkanes of at least 4 members (excludes halogenated alkanes) is 1. The second-order valence-corrected chi connectivity index (χ2v) is 12.7. The number of para-hydroxylation sites is 2. The molecule has 46 heavy (non-hydrogen) atoms. The standard InChI is InChI=1S/C32H43Cl2N3O9/c1-37(24-7-2-3-8-27(24)46-21-9-10-21)30(43)32(11-12-32)45-18-20-15-22(33)19(14-23(20)34)6-4-5-13-35-31(44)36-16-25(39)28(41)29(42)26(40)17-38/h2-3,7-8,14-15,21,25-26,28-29,38-42H,4-6,9-13,16-18H2,1H3,(H2,35,36,44)/t25-,26+,28+,29+/m0/s1. The van der Waals surface area contributed by atoms with Gasteiger partial charge in [0, 0.05) is 30.2 Å². The summed E-state index contributed by atoms with van der Waals surface area (Å²) in [5.41, 5.74) is 1.31. The number of likely N-dealkylation sites (N-methyl/N-ethyl adjacent to an activating group) is 1. The molecule has 2 saturated carbocycles. The molecule has 0 saturated heterocycles. The molecule has 0 radical (unpaired) electrons. The van der Waals surface area contributed by atoms with Crippen LogP contribution in [0.1, 0.15) is 49.7 Å². The van der Waals surface area contributed by atoms with Crippen molar-refractivity contribution in [2.75, 3.05) is 31.6 Å². The van der Waals surface area contributed by atoms with Gasteiger partial charge in [0.2, 0.25) is 0 Å². The number of aliphatic hydroxyl groups is 5. The van der Waals surface area contributed by atoms with E-state index in [1.165, 1.54) is 0 Å². The number of aliphatic hydroxyl groups excluding tert-OH is 5. The Labute approximate surface area is 278 Å². The van der Waals surface area contributed by atoms with Crippen molar-refractivity contribution in [1.82, 2.24) is 10.6 Å². The highest BCUT2D eigenvalue weighted by Gasteiger charge is 2.53. The number of benzene rings is 2. The van der Waals surface area contributed by atoms with Crippen LogP contribution in [0.5, 0.6) is 5.75 Å². The van der Waals surface area contributed by atoms with Crippen molar-refractivity contribution in [2.45, 2.75) is 87.7 Å². The topological polar surface area (TPSA) is 181 Å². The Bertz CT molecular complexity index is 1340. The summed E-state index contributed by atoms with van der Waals surface area (Å²) in [7, 11) is 1.73. The van der Waals surface area contributed by atoms with Crippen LogP contribution in [0.2, 0.25) is 10.0 Å². The van der Waals surface area contributed by atoms with E-state index in [1.54, 1.807) is 24.1 Å². The highest BCUT2D eigenvalue weighted by molar-refractivity contribution is 6.34. The van der Waals surface area contributed by atoms with Gasteiger partial charge in [0.25, 0.3) is 5.91 Å². The molecule has 0 aliphatic heterocycles. The SMILES string of the molecule is CN(C(=O)C1(OCc2cc(Cl)c(CCCCNC(=O)NC[C@H](O)[C@@H](O)[C@H](O)[C@H](O)CO)cc2Cl)CC1)c1ccccc1OC1CC1. The van der Waals surface area contributed by atoms with E-state index < -0.39 is 42.7 Å². The molecule has 14 heteroatoms. The Kier molecular flexibility index (Phi) is 12.9. The number of carbonyl (C=O) groups is 2. The predicted molar refractivity (Wildman–Crippen MR) is 172 cm³/mol. The first-order chi connectivity index (χ1) is 22.0. The van der Waals surface area contributed by atoms with Crippen LogP contribution in [0.3, 0.4) is 0 Å². The van der Waals surface area contributed by atoms with Crippen molar-refractivity contribution in [3.63, 3.8) is 0 Å². The van der Waals surface area contributed by atoms with Crippen molar-refractivity contribution in [3.05, 3.63) is 57.6 Å². The van der Waals surface area contributed by atoms with Gasteiger partial charge >= 0.3 is 6.03 Å². The number of hydrogen-bond donors (Lipinski definition) is 7. The lowest BCUT2D eigenvalue weighted by molar-refractivity contribution is -0.133. The zero-order chi connectivity index (χ0) is 33.4.